The van der Waals surface area contributed by atoms with Gasteiger partial charge in [0.05, 0.1) is 0 Å². The smallest absolute Gasteiger partial charge is 0.252 e. The van der Waals surface area contributed by atoms with Crippen LogP contribution >= 0.6 is 11.3 Å². The molecular formula is C21H30N4O2S2. The molecule has 1 aromatic carbocycles. The SMILES string of the molecule is CCN(CC)S(=O)(=O)c1ccc(CCN=C(N)Nc2cccc3c2CCCC3)s1. The van der Waals surface area contributed by atoms with Crippen molar-refractivity contribution in [2.45, 2.75) is 50.2 Å². The Kier molecular flexibility index (Phi) is 7.32. The molecular weight excluding hydrogens is 404 g/mol. The summed E-state index contributed by atoms with van der Waals surface area (Å²) in [6, 6.07) is 9.86. The minimum absolute atomic E-state index is 0.391. The van der Waals surface area contributed by atoms with Crippen LogP contribution in [-0.2, 0) is 29.3 Å². The van der Waals surface area contributed by atoms with Crippen LogP contribution in [0.25, 0.3) is 0 Å². The molecule has 1 aliphatic rings. The number of nitrogens with zero attached hydrogens (tertiary/aromatic N) is 2. The van der Waals surface area contributed by atoms with Crippen LogP contribution in [0.15, 0.2) is 39.5 Å². The van der Waals surface area contributed by atoms with Gasteiger partial charge < -0.3 is 11.1 Å². The molecule has 1 aliphatic carbocycles. The largest absolute Gasteiger partial charge is 0.370 e. The van der Waals surface area contributed by atoms with Crippen LogP contribution in [0.5, 0.6) is 0 Å². The number of benzene rings is 1. The third-order valence-electron chi connectivity index (χ3n) is 5.24. The molecule has 29 heavy (non-hydrogen) atoms. The van der Waals surface area contributed by atoms with E-state index < -0.39 is 10.0 Å². The van der Waals surface area contributed by atoms with E-state index in [2.05, 4.69) is 28.5 Å². The highest BCUT2D eigenvalue weighted by atomic mass is 32.2. The first-order chi connectivity index (χ1) is 14.0. The summed E-state index contributed by atoms with van der Waals surface area (Å²) in [4.78, 5) is 5.42. The first kappa shape index (κ1) is 21.8. The van der Waals surface area contributed by atoms with E-state index in [4.69, 9.17) is 5.73 Å². The van der Waals surface area contributed by atoms with Gasteiger partial charge in [0.2, 0.25) is 0 Å². The minimum Gasteiger partial charge on any atom is -0.370 e. The van der Waals surface area contributed by atoms with Crippen molar-refractivity contribution in [2.24, 2.45) is 10.7 Å². The first-order valence-corrected chi connectivity index (χ1v) is 12.5. The molecule has 1 heterocycles. The molecule has 0 unspecified atom stereocenters. The van der Waals surface area contributed by atoms with Crippen molar-refractivity contribution in [1.82, 2.24) is 4.31 Å². The maximum Gasteiger partial charge on any atom is 0.252 e. The molecule has 0 saturated heterocycles. The molecule has 0 aliphatic heterocycles. The second kappa shape index (κ2) is 9.73. The minimum atomic E-state index is -3.39. The second-order valence-corrected chi connectivity index (χ2v) is 10.4. The van der Waals surface area contributed by atoms with Crippen molar-refractivity contribution in [2.75, 3.05) is 25.0 Å². The fourth-order valence-corrected chi connectivity index (χ4v) is 6.64. The van der Waals surface area contributed by atoms with Crippen LogP contribution in [0, 0.1) is 0 Å². The third-order valence-corrected chi connectivity index (χ3v) is 8.90. The molecule has 3 rings (SSSR count). The Morgan fingerprint density at radius 2 is 1.93 bits per heavy atom. The quantitative estimate of drug-likeness (QED) is 0.491. The fraction of sp³-hybridized carbons (Fsp3) is 0.476. The highest BCUT2D eigenvalue weighted by Gasteiger charge is 2.23. The van der Waals surface area contributed by atoms with Gasteiger partial charge in [-0.2, -0.15) is 4.31 Å². The molecule has 3 N–H and O–H groups in total. The van der Waals surface area contributed by atoms with Gasteiger partial charge in [-0.25, -0.2) is 8.42 Å². The zero-order valence-corrected chi connectivity index (χ0v) is 18.8. The van der Waals surface area contributed by atoms with Crippen LogP contribution < -0.4 is 11.1 Å². The molecule has 0 saturated carbocycles. The van der Waals surface area contributed by atoms with E-state index in [0.29, 0.717) is 36.2 Å². The maximum absolute atomic E-state index is 12.6. The molecule has 8 heteroatoms. The average Bonchev–Trinajstić information content (AvgIpc) is 3.19. The van der Waals surface area contributed by atoms with Gasteiger partial charge in [-0.1, -0.05) is 26.0 Å². The summed E-state index contributed by atoms with van der Waals surface area (Å²) >= 11 is 1.31. The Morgan fingerprint density at radius 3 is 2.69 bits per heavy atom. The second-order valence-electron chi connectivity index (χ2n) is 7.10. The Labute approximate surface area is 177 Å². The van der Waals surface area contributed by atoms with Crippen LogP contribution in [0.1, 0.15) is 42.7 Å². The van der Waals surface area contributed by atoms with Gasteiger partial charge in [-0.3, -0.25) is 4.99 Å². The number of guanidine groups is 1. The molecule has 158 valence electrons. The van der Waals surface area contributed by atoms with Crippen molar-refractivity contribution in [3.63, 3.8) is 0 Å². The van der Waals surface area contributed by atoms with E-state index in [1.807, 2.05) is 19.9 Å². The summed E-state index contributed by atoms with van der Waals surface area (Å²) in [6.07, 6.45) is 5.31. The Hall–Kier alpha value is -1.90. The number of nitrogens with one attached hydrogen (secondary N) is 1. The summed E-state index contributed by atoms with van der Waals surface area (Å²) in [7, 11) is -3.39. The number of rotatable bonds is 8. The number of thiophene rings is 1. The van der Waals surface area contributed by atoms with Crippen molar-refractivity contribution < 1.29 is 8.42 Å². The summed E-state index contributed by atoms with van der Waals surface area (Å²) in [5.41, 5.74) is 9.89. The zero-order valence-electron chi connectivity index (χ0n) is 17.1. The normalized spacial score (nSPS) is 14.8. The molecule has 1 aromatic heterocycles. The number of aryl methyl sites for hydroxylation is 1. The predicted molar refractivity (Wildman–Crippen MR) is 121 cm³/mol. The molecule has 6 nitrogen and oxygen atoms in total. The topological polar surface area (TPSA) is 87.8 Å². The lowest BCUT2D eigenvalue weighted by atomic mass is 9.90. The van der Waals surface area contributed by atoms with Crippen molar-refractivity contribution in [3.8, 4) is 0 Å². The summed E-state index contributed by atoms with van der Waals surface area (Å²) < 4.78 is 27.0. The molecule has 2 aromatic rings. The first-order valence-electron chi connectivity index (χ1n) is 10.2. The Balaban J connectivity index is 1.60. The Morgan fingerprint density at radius 1 is 1.17 bits per heavy atom. The van der Waals surface area contributed by atoms with E-state index in [-0.39, 0.29) is 0 Å². The van der Waals surface area contributed by atoms with Gasteiger partial charge in [0, 0.05) is 36.6 Å². The van der Waals surface area contributed by atoms with E-state index in [1.54, 1.807) is 6.07 Å². The van der Waals surface area contributed by atoms with Crippen LogP contribution in [0.2, 0.25) is 0 Å². The van der Waals surface area contributed by atoms with Gasteiger partial charge >= 0.3 is 0 Å². The molecule has 0 amide bonds. The van der Waals surface area contributed by atoms with Crippen LogP contribution in [-0.4, -0.2) is 38.3 Å². The summed E-state index contributed by atoms with van der Waals surface area (Å²) in [6.45, 7) is 5.16. The number of hydrogen-bond acceptors (Lipinski definition) is 4. The molecule has 0 fully saturated rings. The lowest BCUT2D eigenvalue weighted by Gasteiger charge is -2.19. The van der Waals surface area contributed by atoms with Gasteiger partial charge in [0.1, 0.15) is 4.21 Å². The monoisotopic (exact) mass is 434 g/mol. The van der Waals surface area contributed by atoms with Gasteiger partial charge in [-0.05, 0) is 55.0 Å². The lowest BCUT2D eigenvalue weighted by Crippen LogP contribution is -2.29. The van der Waals surface area contributed by atoms with Crippen molar-refractivity contribution in [3.05, 3.63) is 46.3 Å². The number of nitrogens with two attached hydrogens (primary N) is 1. The highest BCUT2D eigenvalue weighted by Crippen LogP contribution is 2.28. The molecule has 0 atom stereocenters. The number of aliphatic imine (C=N–C) groups is 1. The van der Waals surface area contributed by atoms with E-state index in [0.717, 1.165) is 23.4 Å². The number of anilines is 1. The van der Waals surface area contributed by atoms with Gasteiger partial charge in [-0.15, -0.1) is 11.3 Å². The number of sulfonamides is 1. The highest BCUT2D eigenvalue weighted by molar-refractivity contribution is 7.91. The van der Waals surface area contributed by atoms with Gasteiger partial charge in [0.15, 0.2) is 5.96 Å². The van der Waals surface area contributed by atoms with E-state index in [9.17, 15) is 8.42 Å². The fourth-order valence-electron chi connectivity index (χ4n) is 3.68. The Bertz CT molecular complexity index is 963. The lowest BCUT2D eigenvalue weighted by molar-refractivity contribution is 0.447. The standard InChI is InChI=1S/C21H30N4O2S2/c1-3-25(4-2)29(26,27)20-13-12-17(28-20)14-15-23-21(22)24-19-11-7-9-16-8-5-6-10-18(16)19/h7,9,11-13H,3-6,8,10,14-15H2,1-2H3,(H3,22,23,24). The van der Waals surface area contributed by atoms with Crippen LogP contribution in [0.4, 0.5) is 5.69 Å². The number of hydrogen-bond donors (Lipinski definition) is 2. The van der Waals surface area contributed by atoms with Crippen LogP contribution in [0.3, 0.4) is 0 Å². The van der Waals surface area contributed by atoms with E-state index in [1.165, 1.54) is 39.6 Å². The maximum atomic E-state index is 12.6. The number of fused-ring (bicyclic) bond motifs is 1. The summed E-state index contributed by atoms with van der Waals surface area (Å²) in [5.74, 6) is 0.400. The summed E-state index contributed by atoms with van der Waals surface area (Å²) in [5, 5.41) is 3.24. The third kappa shape index (κ3) is 5.18. The zero-order chi connectivity index (χ0) is 20.9. The van der Waals surface area contributed by atoms with Gasteiger partial charge in [0.25, 0.3) is 10.0 Å². The predicted octanol–water partition coefficient (Wildman–Crippen LogP) is 3.63. The molecule has 0 bridgehead atoms. The molecule has 0 spiro atoms. The molecule has 0 radical (unpaired) electrons. The average molecular weight is 435 g/mol. The van der Waals surface area contributed by atoms with E-state index >= 15 is 0 Å². The van der Waals surface area contributed by atoms with Crippen molar-refractivity contribution >= 4 is 33.0 Å². The van der Waals surface area contributed by atoms with Crippen molar-refractivity contribution in [1.29, 1.82) is 0 Å².